The Kier molecular flexibility index (Phi) is 6.72. The first-order valence-corrected chi connectivity index (χ1v) is 6.64. The maximum absolute atomic E-state index is 11.8. The molecule has 0 N–H and O–H groups in total. The molecule has 0 radical (unpaired) electrons. The van der Waals surface area contributed by atoms with Crippen LogP contribution in [0.1, 0.15) is 39.0 Å². The van der Waals surface area contributed by atoms with E-state index < -0.39 is 0 Å². The Bertz CT molecular complexity index is 274. The highest BCUT2D eigenvalue weighted by molar-refractivity contribution is 5.81. The van der Waals surface area contributed by atoms with Crippen LogP contribution in [-0.4, -0.2) is 49.7 Å². The van der Waals surface area contributed by atoms with E-state index in [1.807, 2.05) is 0 Å². The summed E-state index contributed by atoms with van der Waals surface area (Å²) in [6.45, 7) is 3.52. The maximum Gasteiger partial charge on any atom is 0.306 e. The molecule has 1 amide bonds. The van der Waals surface area contributed by atoms with Gasteiger partial charge in [0.25, 0.3) is 0 Å². The van der Waals surface area contributed by atoms with Crippen molar-refractivity contribution < 1.29 is 19.1 Å². The average Bonchev–Trinajstić information content (AvgIpc) is 2.37. The van der Waals surface area contributed by atoms with Gasteiger partial charge < -0.3 is 14.4 Å². The molecule has 0 aromatic rings. The first-order chi connectivity index (χ1) is 8.63. The third kappa shape index (κ3) is 5.49. The van der Waals surface area contributed by atoms with E-state index in [1.165, 1.54) is 0 Å². The number of rotatable bonds is 6. The van der Waals surface area contributed by atoms with Crippen molar-refractivity contribution in [3.63, 3.8) is 0 Å². The van der Waals surface area contributed by atoms with Crippen LogP contribution >= 0.6 is 0 Å². The Balaban J connectivity index is 2.21. The highest BCUT2D eigenvalue weighted by Gasteiger charge is 2.19. The fourth-order valence-corrected chi connectivity index (χ4v) is 1.99. The van der Waals surface area contributed by atoms with Crippen LogP contribution in [0.2, 0.25) is 0 Å². The van der Waals surface area contributed by atoms with Crippen molar-refractivity contribution in [1.29, 1.82) is 0 Å². The monoisotopic (exact) mass is 257 g/mol. The summed E-state index contributed by atoms with van der Waals surface area (Å²) in [5.74, 6) is -0.342. The normalized spacial score (nSPS) is 19.3. The second kappa shape index (κ2) is 8.08. The molecule has 104 valence electrons. The molecule has 1 unspecified atom stereocenters. The zero-order valence-corrected chi connectivity index (χ0v) is 11.3. The third-order valence-corrected chi connectivity index (χ3v) is 3.03. The molecule has 0 aliphatic carbocycles. The quantitative estimate of drug-likeness (QED) is 0.674. The molecule has 5 nitrogen and oxygen atoms in total. The predicted octanol–water partition coefficient (Wildman–Crippen LogP) is 1.36. The molecule has 1 rings (SSSR count). The van der Waals surface area contributed by atoms with Crippen molar-refractivity contribution in [1.82, 2.24) is 4.90 Å². The van der Waals surface area contributed by atoms with Gasteiger partial charge in [-0.15, -0.1) is 0 Å². The van der Waals surface area contributed by atoms with E-state index in [1.54, 1.807) is 18.9 Å². The predicted molar refractivity (Wildman–Crippen MR) is 67.1 cm³/mol. The lowest BCUT2D eigenvalue weighted by Crippen LogP contribution is -2.37. The maximum atomic E-state index is 11.8. The molecule has 1 aliphatic heterocycles. The standard InChI is InChI=1S/C13H23NO4/c1-3-17-13(16)8-7-12(15)14(2)10-11-6-4-5-9-18-11/h11H,3-10H2,1-2H3. The van der Waals surface area contributed by atoms with Crippen LogP contribution in [0.5, 0.6) is 0 Å². The van der Waals surface area contributed by atoms with Crippen molar-refractivity contribution in [3.05, 3.63) is 0 Å². The van der Waals surface area contributed by atoms with Crippen molar-refractivity contribution in [2.45, 2.75) is 45.1 Å². The summed E-state index contributed by atoms with van der Waals surface area (Å²) in [5.41, 5.74) is 0. The van der Waals surface area contributed by atoms with Gasteiger partial charge in [-0.3, -0.25) is 9.59 Å². The topological polar surface area (TPSA) is 55.8 Å². The largest absolute Gasteiger partial charge is 0.466 e. The van der Waals surface area contributed by atoms with Crippen molar-refractivity contribution in [2.24, 2.45) is 0 Å². The number of hydrogen-bond acceptors (Lipinski definition) is 4. The van der Waals surface area contributed by atoms with Gasteiger partial charge in [-0.25, -0.2) is 0 Å². The van der Waals surface area contributed by atoms with Crippen LogP contribution in [0.25, 0.3) is 0 Å². The van der Waals surface area contributed by atoms with Crippen molar-refractivity contribution >= 4 is 11.9 Å². The summed E-state index contributed by atoms with van der Waals surface area (Å²) < 4.78 is 10.4. The van der Waals surface area contributed by atoms with Gasteiger partial charge >= 0.3 is 5.97 Å². The molecule has 1 saturated heterocycles. The van der Waals surface area contributed by atoms with Gasteiger partial charge in [0.1, 0.15) is 0 Å². The number of hydrogen-bond donors (Lipinski definition) is 0. The minimum absolute atomic E-state index is 0.0303. The molecule has 0 aromatic heterocycles. The van der Waals surface area contributed by atoms with Gasteiger partial charge in [0.05, 0.1) is 19.1 Å². The molecule has 0 aromatic carbocycles. The van der Waals surface area contributed by atoms with Crippen molar-refractivity contribution in [2.75, 3.05) is 26.8 Å². The van der Waals surface area contributed by atoms with Gasteiger partial charge in [-0.1, -0.05) is 0 Å². The minimum Gasteiger partial charge on any atom is -0.466 e. The summed E-state index contributed by atoms with van der Waals surface area (Å²) >= 11 is 0. The molecule has 1 heterocycles. The molecule has 18 heavy (non-hydrogen) atoms. The molecule has 0 saturated carbocycles. The van der Waals surface area contributed by atoms with Gasteiger partial charge in [0.2, 0.25) is 5.91 Å². The Morgan fingerprint density at radius 2 is 2.11 bits per heavy atom. The second-order valence-electron chi connectivity index (χ2n) is 4.57. The molecule has 0 bridgehead atoms. The smallest absolute Gasteiger partial charge is 0.306 e. The van der Waals surface area contributed by atoms with Gasteiger partial charge in [0, 0.05) is 26.6 Å². The number of carbonyl (C=O) groups excluding carboxylic acids is 2. The van der Waals surface area contributed by atoms with Gasteiger partial charge in [-0.05, 0) is 26.2 Å². The Labute approximate surface area is 108 Å². The number of amides is 1. The molecule has 1 fully saturated rings. The van der Waals surface area contributed by atoms with E-state index in [9.17, 15) is 9.59 Å². The van der Waals surface area contributed by atoms with Crippen LogP contribution < -0.4 is 0 Å². The van der Waals surface area contributed by atoms with E-state index >= 15 is 0 Å². The summed E-state index contributed by atoms with van der Waals surface area (Å²) in [6, 6.07) is 0. The Morgan fingerprint density at radius 3 is 2.72 bits per heavy atom. The first kappa shape index (κ1) is 15.0. The summed E-state index contributed by atoms with van der Waals surface area (Å²) in [4.78, 5) is 24.6. The zero-order chi connectivity index (χ0) is 13.4. The molecular formula is C13H23NO4. The van der Waals surface area contributed by atoms with Crippen molar-refractivity contribution in [3.8, 4) is 0 Å². The summed E-state index contributed by atoms with van der Waals surface area (Å²) in [5, 5.41) is 0. The first-order valence-electron chi connectivity index (χ1n) is 6.64. The Hall–Kier alpha value is -1.10. The van der Waals surface area contributed by atoms with Crippen LogP contribution in [0.3, 0.4) is 0 Å². The highest BCUT2D eigenvalue weighted by Crippen LogP contribution is 2.13. The van der Waals surface area contributed by atoms with E-state index in [0.29, 0.717) is 13.2 Å². The average molecular weight is 257 g/mol. The lowest BCUT2D eigenvalue weighted by atomic mass is 10.1. The van der Waals surface area contributed by atoms with Gasteiger partial charge in [0.15, 0.2) is 0 Å². The lowest BCUT2D eigenvalue weighted by Gasteiger charge is -2.27. The third-order valence-electron chi connectivity index (χ3n) is 3.03. The fraction of sp³-hybridized carbons (Fsp3) is 0.846. The summed E-state index contributed by atoms with van der Waals surface area (Å²) in [7, 11) is 1.76. The zero-order valence-electron chi connectivity index (χ0n) is 11.3. The Morgan fingerprint density at radius 1 is 1.33 bits per heavy atom. The molecular weight excluding hydrogens is 234 g/mol. The minimum atomic E-state index is -0.312. The van der Waals surface area contributed by atoms with E-state index in [0.717, 1.165) is 25.9 Å². The molecule has 5 heteroatoms. The number of esters is 1. The van der Waals surface area contributed by atoms with E-state index in [-0.39, 0.29) is 30.8 Å². The number of nitrogens with zero attached hydrogens (tertiary/aromatic N) is 1. The SMILES string of the molecule is CCOC(=O)CCC(=O)N(C)CC1CCCCO1. The highest BCUT2D eigenvalue weighted by atomic mass is 16.5. The van der Waals surface area contributed by atoms with Gasteiger partial charge in [-0.2, -0.15) is 0 Å². The fourth-order valence-electron chi connectivity index (χ4n) is 1.99. The van der Waals surface area contributed by atoms with E-state index in [4.69, 9.17) is 9.47 Å². The molecule has 1 atom stereocenters. The second-order valence-corrected chi connectivity index (χ2v) is 4.57. The number of likely N-dealkylation sites (N-methyl/N-ethyl adjacent to an activating group) is 1. The van der Waals surface area contributed by atoms with Crippen LogP contribution in [0, 0.1) is 0 Å². The van der Waals surface area contributed by atoms with Crippen LogP contribution in [-0.2, 0) is 19.1 Å². The summed E-state index contributed by atoms with van der Waals surface area (Å²) in [6.07, 6.45) is 3.79. The van der Waals surface area contributed by atoms with E-state index in [2.05, 4.69) is 0 Å². The lowest BCUT2D eigenvalue weighted by molar-refractivity contribution is -0.145. The number of carbonyl (C=O) groups is 2. The molecule has 0 spiro atoms. The molecule has 1 aliphatic rings. The number of ether oxygens (including phenoxy) is 2. The van der Waals surface area contributed by atoms with Crippen LogP contribution in [0.15, 0.2) is 0 Å². The van der Waals surface area contributed by atoms with Crippen LogP contribution in [0.4, 0.5) is 0 Å².